The molecule has 3 aliphatic rings. The van der Waals surface area contributed by atoms with Crippen LogP contribution in [-0.4, -0.2) is 36.0 Å². The molecule has 0 spiro atoms. The number of fused-ring (bicyclic) bond motifs is 1. The van der Waals surface area contributed by atoms with Gasteiger partial charge >= 0.3 is 5.97 Å². The molecule has 0 aromatic carbocycles. The van der Waals surface area contributed by atoms with Gasteiger partial charge < -0.3 is 9.64 Å². The minimum atomic E-state index is -0.108. The maximum Gasteiger partial charge on any atom is 0.311 e. The molecule has 3 fully saturated rings. The standard InChI is InChI=1S/C20H33NO3/c1-2-6-19(22)21-12-5-9-17(14-21)20(23)24-18-11-10-15-7-3-4-8-16(15)13-18/h15-18H,2-14H2,1H3/t15-,16+,17+,18-/m1/s1. The zero-order valence-corrected chi connectivity index (χ0v) is 15.2. The minimum absolute atomic E-state index is 0.0525. The fourth-order valence-corrected chi connectivity index (χ4v) is 4.97. The summed E-state index contributed by atoms with van der Waals surface area (Å²) in [6.07, 6.45) is 12.1. The van der Waals surface area contributed by atoms with Crippen molar-refractivity contribution >= 4 is 11.9 Å². The van der Waals surface area contributed by atoms with Crippen molar-refractivity contribution in [3.05, 3.63) is 0 Å². The van der Waals surface area contributed by atoms with E-state index in [2.05, 4.69) is 0 Å². The van der Waals surface area contributed by atoms with E-state index in [1.54, 1.807) is 0 Å². The molecule has 4 atom stereocenters. The molecule has 0 aromatic heterocycles. The van der Waals surface area contributed by atoms with Gasteiger partial charge in [-0.05, 0) is 50.4 Å². The van der Waals surface area contributed by atoms with E-state index in [-0.39, 0.29) is 23.9 Å². The number of hydrogen-bond acceptors (Lipinski definition) is 3. The Kier molecular flexibility index (Phi) is 6.18. The first-order chi connectivity index (χ1) is 11.7. The van der Waals surface area contributed by atoms with Gasteiger partial charge in [0.1, 0.15) is 6.10 Å². The van der Waals surface area contributed by atoms with Gasteiger partial charge in [-0.15, -0.1) is 0 Å². The average molecular weight is 335 g/mol. The number of rotatable bonds is 4. The SMILES string of the molecule is CCCC(=O)N1CCC[C@H](C(=O)O[C@@H]2CC[C@H]3CCCC[C@H]3C2)C1. The minimum Gasteiger partial charge on any atom is -0.462 e. The second-order valence-electron chi connectivity index (χ2n) is 8.11. The highest BCUT2D eigenvalue weighted by molar-refractivity contribution is 5.78. The van der Waals surface area contributed by atoms with Crippen LogP contribution in [-0.2, 0) is 14.3 Å². The van der Waals surface area contributed by atoms with E-state index in [1.165, 1.54) is 32.1 Å². The number of nitrogens with zero attached hydrogens (tertiary/aromatic N) is 1. The lowest BCUT2D eigenvalue weighted by atomic mass is 9.70. The van der Waals surface area contributed by atoms with Crippen molar-refractivity contribution in [2.24, 2.45) is 17.8 Å². The molecule has 4 nitrogen and oxygen atoms in total. The van der Waals surface area contributed by atoms with Gasteiger partial charge in [-0.25, -0.2) is 0 Å². The second-order valence-corrected chi connectivity index (χ2v) is 8.11. The third kappa shape index (κ3) is 4.31. The van der Waals surface area contributed by atoms with Gasteiger partial charge in [0.2, 0.25) is 5.91 Å². The Labute approximate surface area is 146 Å². The van der Waals surface area contributed by atoms with E-state index >= 15 is 0 Å². The predicted molar refractivity (Wildman–Crippen MR) is 93.4 cm³/mol. The summed E-state index contributed by atoms with van der Waals surface area (Å²) in [5.74, 6) is 1.69. The van der Waals surface area contributed by atoms with Gasteiger partial charge in [-0.2, -0.15) is 0 Å². The Balaban J connectivity index is 1.48. The van der Waals surface area contributed by atoms with Crippen molar-refractivity contribution in [3.63, 3.8) is 0 Å². The molecule has 1 amide bonds. The summed E-state index contributed by atoms with van der Waals surface area (Å²) in [7, 11) is 0. The van der Waals surface area contributed by atoms with Gasteiger partial charge in [-0.3, -0.25) is 9.59 Å². The van der Waals surface area contributed by atoms with Crippen LogP contribution in [0.5, 0.6) is 0 Å². The van der Waals surface area contributed by atoms with Crippen molar-refractivity contribution in [2.45, 2.75) is 83.7 Å². The first kappa shape index (κ1) is 17.8. The summed E-state index contributed by atoms with van der Waals surface area (Å²) >= 11 is 0. The van der Waals surface area contributed by atoms with Crippen LogP contribution >= 0.6 is 0 Å². The molecule has 1 heterocycles. The summed E-state index contributed by atoms with van der Waals surface area (Å²) < 4.78 is 5.89. The lowest BCUT2D eigenvalue weighted by Gasteiger charge is -2.39. The van der Waals surface area contributed by atoms with Crippen LogP contribution in [0, 0.1) is 17.8 Å². The Morgan fingerprint density at radius 3 is 2.58 bits per heavy atom. The number of likely N-dealkylation sites (tertiary alicyclic amines) is 1. The first-order valence-corrected chi connectivity index (χ1v) is 10.2. The molecule has 1 saturated heterocycles. The van der Waals surface area contributed by atoms with Gasteiger partial charge in [0.15, 0.2) is 0 Å². The molecule has 0 unspecified atom stereocenters. The molecule has 0 aromatic rings. The number of hydrogen-bond donors (Lipinski definition) is 0. The quantitative estimate of drug-likeness (QED) is 0.731. The third-order valence-corrected chi connectivity index (χ3v) is 6.35. The maximum absolute atomic E-state index is 12.6. The molecule has 0 bridgehead atoms. The Morgan fingerprint density at radius 2 is 1.79 bits per heavy atom. The lowest BCUT2D eigenvalue weighted by molar-refractivity contribution is -0.160. The molecular weight excluding hydrogens is 302 g/mol. The van der Waals surface area contributed by atoms with Crippen molar-refractivity contribution < 1.29 is 14.3 Å². The average Bonchev–Trinajstić information content (AvgIpc) is 2.62. The Morgan fingerprint density at radius 1 is 1.00 bits per heavy atom. The molecule has 0 N–H and O–H groups in total. The van der Waals surface area contributed by atoms with E-state index in [9.17, 15) is 9.59 Å². The highest BCUT2D eigenvalue weighted by atomic mass is 16.5. The molecule has 1 aliphatic heterocycles. The third-order valence-electron chi connectivity index (χ3n) is 6.35. The van der Waals surface area contributed by atoms with E-state index in [0.29, 0.717) is 13.0 Å². The van der Waals surface area contributed by atoms with Crippen LogP contribution < -0.4 is 0 Å². The molecular formula is C20H33NO3. The van der Waals surface area contributed by atoms with Gasteiger partial charge in [0.05, 0.1) is 5.92 Å². The summed E-state index contributed by atoms with van der Waals surface area (Å²) in [5, 5.41) is 0. The summed E-state index contributed by atoms with van der Waals surface area (Å²) in [4.78, 5) is 26.6. The zero-order valence-electron chi connectivity index (χ0n) is 15.2. The number of carbonyl (C=O) groups excluding carboxylic acids is 2. The van der Waals surface area contributed by atoms with Crippen LogP contribution in [0.15, 0.2) is 0 Å². The van der Waals surface area contributed by atoms with Crippen molar-refractivity contribution in [3.8, 4) is 0 Å². The number of piperidine rings is 1. The topological polar surface area (TPSA) is 46.6 Å². The number of ether oxygens (including phenoxy) is 1. The predicted octanol–water partition coefficient (Wildman–Crippen LogP) is 3.93. The molecule has 0 radical (unpaired) electrons. The fraction of sp³-hybridized carbons (Fsp3) is 0.900. The normalized spacial score (nSPS) is 33.6. The maximum atomic E-state index is 12.6. The number of amides is 1. The highest BCUT2D eigenvalue weighted by Crippen LogP contribution is 2.41. The number of carbonyl (C=O) groups is 2. The summed E-state index contributed by atoms with van der Waals surface area (Å²) in [6, 6.07) is 0. The van der Waals surface area contributed by atoms with E-state index in [4.69, 9.17) is 4.74 Å². The van der Waals surface area contributed by atoms with Crippen LogP contribution in [0.2, 0.25) is 0 Å². The van der Waals surface area contributed by atoms with Crippen molar-refractivity contribution in [1.82, 2.24) is 4.90 Å². The van der Waals surface area contributed by atoms with E-state index in [1.807, 2.05) is 11.8 Å². The van der Waals surface area contributed by atoms with Crippen LogP contribution in [0.3, 0.4) is 0 Å². The molecule has 4 heteroatoms. The molecule has 2 aliphatic carbocycles. The molecule has 24 heavy (non-hydrogen) atoms. The monoisotopic (exact) mass is 335 g/mol. The molecule has 2 saturated carbocycles. The van der Waals surface area contributed by atoms with Gasteiger partial charge in [0.25, 0.3) is 0 Å². The lowest BCUT2D eigenvalue weighted by Crippen LogP contribution is -2.43. The van der Waals surface area contributed by atoms with E-state index < -0.39 is 0 Å². The first-order valence-electron chi connectivity index (χ1n) is 10.2. The second kappa shape index (κ2) is 8.35. The largest absolute Gasteiger partial charge is 0.462 e. The molecule has 136 valence electrons. The van der Waals surface area contributed by atoms with Gasteiger partial charge in [0, 0.05) is 19.5 Å². The van der Waals surface area contributed by atoms with Gasteiger partial charge in [-0.1, -0.05) is 32.6 Å². The van der Waals surface area contributed by atoms with Crippen LogP contribution in [0.4, 0.5) is 0 Å². The van der Waals surface area contributed by atoms with E-state index in [0.717, 1.165) is 50.5 Å². The van der Waals surface area contributed by atoms with Crippen molar-refractivity contribution in [2.75, 3.05) is 13.1 Å². The summed E-state index contributed by atoms with van der Waals surface area (Å²) in [6.45, 7) is 3.39. The zero-order chi connectivity index (χ0) is 16.9. The van der Waals surface area contributed by atoms with Crippen molar-refractivity contribution in [1.29, 1.82) is 0 Å². The molecule has 3 rings (SSSR count). The highest BCUT2D eigenvalue weighted by Gasteiger charge is 2.36. The number of esters is 1. The Hall–Kier alpha value is -1.06. The summed E-state index contributed by atoms with van der Waals surface area (Å²) in [5.41, 5.74) is 0. The smallest absolute Gasteiger partial charge is 0.311 e. The van der Waals surface area contributed by atoms with Crippen LogP contribution in [0.1, 0.15) is 77.6 Å². The van der Waals surface area contributed by atoms with Crippen LogP contribution in [0.25, 0.3) is 0 Å². The Bertz CT molecular complexity index is 450. The fourth-order valence-electron chi connectivity index (χ4n) is 4.97.